The highest BCUT2D eigenvalue weighted by atomic mass is 19.4. The minimum absolute atomic E-state index is 0.0112. The summed E-state index contributed by atoms with van der Waals surface area (Å²) < 4.78 is 81.1. The molecule has 1 aromatic heterocycles. The topological polar surface area (TPSA) is 57.6 Å². The van der Waals surface area contributed by atoms with Crippen molar-refractivity contribution < 1.29 is 35.9 Å². The molecule has 0 spiro atoms. The lowest BCUT2D eigenvalue weighted by Gasteiger charge is -2.31. The van der Waals surface area contributed by atoms with Crippen LogP contribution in [0, 0.1) is 0 Å². The maximum atomic E-state index is 13.2. The van der Waals surface area contributed by atoms with E-state index >= 15 is 0 Å². The molecular formula is C24H28F6N4O2. The Bertz CT molecular complexity index is 1060. The Hall–Kier alpha value is -3.18. The summed E-state index contributed by atoms with van der Waals surface area (Å²) >= 11 is 0. The van der Waals surface area contributed by atoms with E-state index in [1.54, 1.807) is 18.7 Å². The fourth-order valence-corrected chi connectivity index (χ4v) is 3.75. The third-order valence-corrected chi connectivity index (χ3v) is 6.22. The highest BCUT2D eigenvalue weighted by molar-refractivity contribution is 5.93. The SMILES string of the molecule is CCC(C)N(CC(=O)N(Cc1cccn1C)C1CC1)C(=O)Nc1cc(C(F)(F)F)cc(C(F)(F)F)c1. The molecular weight excluding hydrogens is 490 g/mol. The summed E-state index contributed by atoms with van der Waals surface area (Å²) in [6.45, 7) is 3.36. The monoisotopic (exact) mass is 518 g/mol. The molecule has 1 N–H and O–H groups in total. The Balaban J connectivity index is 1.83. The molecule has 6 nitrogen and oxygen atoms in total. The van der Waals surface area contributed by atoms with Crippen LogP contribution in [0.1, 0.15) is 49.9 Å². The summed E-state index contributed by atoms with van der Waals surface area (Å²) in [6.07, 6.45) is -6.21. The predicted molar refractivity (Wildman–Crippen MR) is 121 cm³/mol. The van der Waals surface area contributed by atoms with Crippen LogP contribution < -0.4 is 5.32 Å². The standard InChI is InChI=1S/C24H28F6N4O2/c1-4-15(2)33(14-21(35)34(19-7-8-19)13-20-6-5-9-32(20)3)22(36)31-18-11-16(23(25,26)27)10-17(12-18)24(28,29)30/h5-6,9-12,15,19H,4,7-8,13-14H2,1-3H3,(H,31,36). The van der Waals surface area contributed by atoms with Crippen LogP contribution in [-0.2, 0) is 30.7 Å². The largest absolute Gasteiger partial charge is 0.416 e. The van der Waals surface area contributed by atoms with Gasteiger partial charge in [0.25, 0.3) is 0 Å². The van der Waals surface area contributed by atoms with E-state index in [0.717, 1.165) is 23.4 Å². The first-order valence-corrected chi connectivity index (χ1v) is 11.5. The number of nitrogens with zero attached hydrogens (tertiary/aromatic N) is 3. The van der Waals surface area contributed by atoms with Gasteiger partial charge in [-0.1, -0.05) is 6.92 Å². The van der Waals surface area contributed by atoms with Crippen molar-refractivity contribution in [2.24, 2.45) is 7.05 Å². The minimum atomic E-state index is -5.05. The van der Waals surface area contributed by atoms with Crippen molar-refractivity contribution in [3.05, 3.63) is 53.3 Å². The lowest BCUT2D eigenvalue weighted by molar-refractivity contribution is -0.143. The number of aryl methyl sites for hydroxylation is 1. The Morgan fingerprint density at radius 3 is 2.11 bits per heavy atom. The van der Waals surface area contributed by atoms with Crippen LogP contribution >= 0.6 is 0 Å². The highest BCUT2D eigenvalue weighted by Crippen LogP contribution is 2.37. The van der Waals surface area contributed by atoms with Gasteiger partial charge in [-0.25, -0.2) is 4.79 Å². The van der Waals surface area contributed by atoms with Gasteiger partial charge in [-0.15, -0.1) is 0 Å². The van der Waals surface area contributed by atoms with Crippen molar-refractivity contribution in [3.8, 4) is 0 Å². The average molecular weight is 519 g/mol. The van der Waals surface area contributed by atoms with Crippen molar-refractivity contribution in [1.29, 1.82) is 0 Å². The number of urea groups is 1. The number of halogens is 6. The van der Waals surface area contributed by atoms with E-state index in [4.69, 9.17) is 0 Å². The normalized spacial score (nSPS) is 14.9. The summed E-state index contributed by atoms with van der Waals surface area (Å²) in [7, 11) is 1.84. The molecule has 1 unspecified atom stereocenters. The van der Waals surface area contributed by atoms with E-state index in [1.807, 2.05) is 29.9 Å². The summed E-state index contributed by atoms with van der Waals surface area (Å²) in [5, 5.41) is 2.14. The summed E-state index contributed by atoms with van der Waals surface area (Å²) in [6, 6.07) is 3.14. The molecule has 3 amide bonds. The molecule has 12 heteroatoms. The van der Waals surface area contributed by atoms with E-state index in [-0.39, 0.29) is 24.6 Å². The van der Waals surface area contributed by atoms with Crippen LogP contribution in [0.4, 0.5) is 36.8 Å². The zero-order chi connectivity index (χ0) is 26.8. The molecule has 1 saturated carbocycles. The molecule has 198 valence electrons. The third kappa shape index (κ3) is 6.73. The maximum Gasteiger partial charge on any atom is 0.416 e. The van der Waals surface area contributed by atoms with Crippen molar-refractivity contribution in [1.82, 2.24) is 14.4 Å². The molecule has 1 aliphatic carbocycles. The first-order chi connectivity index (χ1) is 16.7. The molecule has 2 aromatic rings. The van der Waals surface area contributed by atoms with E-state index in [0.29, 0.717) is 25.1 Å². The average Bonchev–Trinajstić information content (AvgIpc) is 3.55. The molecule has 3 rings (SSSR count). The zero-order valence-electron chi connectivity index (χ0n) is 20.1. The van der Waals surface area contributed by atoms with Crippen LogP contribution in [0.5, 0.6) is 0 Å². The third-order valence-electron chi connectivity index (χ3n) is 6.22. The lowest BCUT2D eigenvalue weighted by Crippen LogP contribution is -2.48. The molecule has 0 aliphatic heterocycles. The second kappa shape index (κ2) is 10.4. The smallest absolute Gasteiger partial charge is 0.353 e. The number of anilines is 1. The van der Waals surface area contributed by atoms with Crippen molar-refractivity contribution in [2.45, 2.75) is 64.1 Å². The zero-order valence-corrected chi connectivity index (χ0v) is 20.1. The van der Waals surface area contributed by atoms with Gasteiger partial charge in [-0.05, 0) is 56.5 Å². The van der Waals surface area contributed by atoms with E-state index in [1.165, 1.54) is 0 Å². The van der Waals surface area contributed by atoms with Crippen molar-refractivity contribution in [2.75, 3.05) is 11.9 Å². The number of carbonyl (C=O) groups excluding carboxylic acids is 2. The van der Waals surface area contributed by atoms with Crippen LogP contribution in [0.25, 0.3) is 0 Å². The number of carbonyl (C=O) groups is 2. The molecule has 0 saturated heterocycles. The quantitative estimate of drug-likeness (QED) is 0.444. The van der Waals surface area contributed by atoms with Crippen LogP contribution in [0.15, 0.2) is 36.5 Å². The molecule has 1 fully saturated rings. The fraction of sp³-hybridized carbons (Fsp3) is 0.500. The number of benzene rings is 1. The number of aromatic nitrogens is 1. The Morgan fingerprint density at radius 2 is 1.67 bits per heavy atom. The molecule has 1 aromatic carbocycles. The molecule has 36 heavy (non-hydrogen) atoms. The number of hydrogen-bond acceptors (Lipinski definition) is 2. The Labute approximate surface area is 204 Å². The Morgan fingerprint density at radius 1 is 1.08 bits per heavy atom. The van der Waals surface area contributed by atoms with Gasteiger partial charge in [0.2, 0.25) is 5.91 Å². The first kappa shape index (κ1) is 27.4. The molecule has 1 atom stereocenters. The van der Waals surface area contributed by atoms with Gasteiger partial charge < -0.3 is 19.7 Å². The van der Waals surface area contributed by atoms with E-state index in [2.05, 4.69) is 5.32 Å². The Kier molecular flexibility index (Phi) is 7.94. The fourth-order valence-electron chi connectivity index (χ4n) is 3.75. The summed E-state index contributed by atoms with van der Waals surface area (Å²) in [5.41, 5.74) is -2.85. The number of hydrogen-bond donors (Lipinski definition) is 1. The van der Waals surface area contributed by atoms with Crippen molar-refractivity contribution in [3.63, 3.8) is 0 Å². The van der Waals surface area contributed by atoms with Gasteiger partial charge in [0.1, 0.15) is 6.54 Å². The molecule has 1 aliphatic rings. The van der Waals surface area contributed by atoms with Gasteiger partial charge >= 0.3 is 18.4 Å². The van der Waals surface area contributed by atoms with Crippen LogP contribution in [-0.4, -0.2) is 44.9 Å². The van der Waals surface area contributed by atoms with Gasteiger partial charge in [0.15, 0.2) is 0 Å². The number of alkyl halides is 6. The predicted octanol–water partition coefficient (Wildman–Crippen LogP) is 5.89. The first-order valence-electron chi connectivity index (χ1n) is 11.5. The molecule has 1 heterocycles. The second-order valence-electron chi connectivity index (χ2n) is 8.97. The van der Waals surface area contributed by atoms with Crippen LogP contribution in [0.3, 0.4) is 0 Å². The molecule has 0 radical (unpaired) electrons. The van der Waals surface area contributed by atoms with E-state index in [9.17, 15) is 35.9 Å². The minimum Gasteiger partial charge on any atom is -0.353 e. The van der Waals surface area contributed by atoms with Crippen LogP contribution in [0.2, 0.25) is 0 Å². The molecule has 0 bridgehead atoms. The summed E-state index contributed by atoms with van der Waals surface area (Å²) in [5.74, 6) is -0.353. The van der Waals surface area contributed by atoms with Crippen molar-refractivity contribution >= 4 is 17.6 Å². The second-order valence-corrected chi connectivity index (χ2v) is 8.97. The number of nitrogens with one attached hydrogen (secondary N) is 1. The van der Waals surface area contributed by atoms with Gasteiger partial charge in [-0.3, -0.25) is 4.79 Å². The van der Waals surface area contributed by atoms with Gasteiger partial charge in [-0.2, -0.15) is 26.3 Å². The number of amides is 3. The number of rotatable bonds is 8. The highest BCUT2D eigenvalue weighted by Gasteiger charge is 2.38. The van der Waals surface area contributed by atoms with Gasteiger partial charge in [0, 0.05) is 36.7 Å². The summed E-state index contributed by atoms with van der Waals surface area (Å²) in [4.78, 5) is 29.0. The van der Waals surface area contributed by atoms with E-state index < -0.39 is 41.2 Å². The lowest BCUT2D eigenvalue weighted by atomic mass is 10.1. The maximum absolute atomic E-state index is 13.2. The van der Waals surface area contributed by atoms with Gasteiger partial charge in [0.05, 0.1) is 17.7 Å².